The monoisotopic (exact) mass is 200 g/mol. The van der Waals surface area contributed by atoms with Crippen LogP contribution in [0.1, 0.15) is 12.5 Å². The summed E-state index contributed by atoms with van der Waals surface area (Å²) in [7, 11) is 0. The van der Waals surface area contributed by atoms with Crippen LogP contribution in [0.4, 0.5) is 0 Å². The van der Waals surface area contributed by atoms with Crippen LogP contribution in [0.5, 0.6) is 6.01 Å². The Bertz CT molecular complexity index is 455. The molecule has 0 N–H and O–H groups in total. The van der Waals surface area contributed by atoms with Crippen LogP contribution in [0.2, 0.25) is 0 Å². The topological polar surface area (TPSA) is 27.1 Å². The minimum atomic E-state index is -0.273. The van der Waals surface area contributed by atoms with E-state index in [2.05, 4.69) is 24.0 Å². The third kappa shape index (κ3) is 1.23. The van der Waals surface area contributed by atoms with Gasteiger partial charge in [0.2, 0.25) is 0 Å². The molecule has 3 rings (SSSR count). The van der Waals surface area contributed by atoms with Gasteiger partial charge in [0, 0.05) is 12.4 Å². The zero-order valence-electron chi connectivity index (χ0n) is 8.55. The third-order valence-electron chi connectivity index (χ3n) is 2.85. The molecular weight excluding hydrogens is 188 g/mol. The minimum absolute atomic E-state index is 0.273. The van der Waals surface area contributed by atoms with Gasteiger partial charge in [-0.3, -0.25) is 4.57 Å². The second-order valence-corrected chi connectivity index (χ2v) is 4.04. The van der Waals surface area contributed by atoms with Gasteiger partial charge in [0.25, 0.3) is 6.01 Å². The van der Waals surface area contributed by atoms with Crippen molar-refractivity contribution < 1.29 is 4.74 Å². The molecule has 1 aliphatic rings. The molecular formula is C12H12N2O. The SMILES string of the molecule is C[C@]1(c2ccccc2)Cn2ccnc2O1. The Hall–Kier alpha value is -1.77. The highest BCUT2D eigenvalue weighted by atomic mass is 16.5. The van der Waals surface area contributed by atoms with Crippen molar-refractivity contribution in [3.63, 3.8) is 0 Å². The second kappa shape index (κ2) is 2.86. The van der Waals surface area contributed by atoms with Crippen LogP contribution < -0.4 is 4.74 Å². The molecule has 0 fully saturated rings. The first-order valence-electron chi connectivity index (χ1n) is 5.04. The lowest BCUT2D eigenvalue weighted by molar-refractivity contribution is 0.108. The quantitative estimate of drug-likeness (QED) is 0.705. The van der Waals surface area contributed by atoms with Crippen LogP contribution >= 0.6 is 0 Å². The predicted molar refractivity (Wildman–Crippen MR) is 56.6 cm³/mol. The van der Waals surface area contributed by atoms with Crippen LogP contribution in [0.25, 0.3) is 0 Å². The number of benzene rings is 1. The number of hydrogen-bond donors (Lipinski definition) is 0. The molecule has 1 aliphatic heterocycles. The fourth-order valence-corrected chi connectivity index (χ4v) is 2.02. The van der Waals surface area contributed by atoms with Crippen LogP contribution in [0, 0.1) is 0 Å². The van der Waals surface area contributed by atoms with E-state index in [1.54, 1.807) is 6.20 Å². The Morgan fingerprint density at radius 2 is 2.13 bits per heavy atom. The smallest absolute Gasteiger partial charge is 0.297 e. The first-order valence-corrected chi connectivity index (χ1v) is 5.04. The summed E-state index contributed by atoms with van der Waals surface area (Å²) in [6.07, 6.45) is 3.71. The van der Waals surface area contributed by atoms with Crippen molar-refractivity contribution in [2.75, 3.05) is 0 Å². The molecule has 1 atom stereocenters. The van der Waals surface area contributed by atoms with E-state index in [9.17, 15) is 0 Å². The molecule has 1 aromatic heterocycles. The van der Waals surface area contributed by atoms with Crippen molar-refractivity contribution >= 4 is 0 Å². The van der Waals surface area contributed by atoms with Crippen LogP contribution in [-0.2, 0) is 12.1 Å². The van der Waals surface area contributed by atoms with Gasteiger partial charge in [0.1, 0.15) is 0 Å². The van der Waals surface area contributed by atoms with Crippen molar-refractivity contribution in [2.24, 2.45) is 0 Å². The number of hydrogen-bond acceptors (Lipinski definition) is 2. The van der Waals surface area contributed by atoms with Gasteiger partial charge in [-0.15, -0.1) is 0 Å². The lowest BCUT2D eigenvalue weighted by Gasteiger charge is -2.22. The van der Waals surface area contributed by atoms with E-state index in [4.69, 9.17) is 4.74 Å². The molecule has 0 spiro atoms. The molecule has 3 nitrogen and oxygen atoms in total. The second-order valence-electron chi connectivity index (χ2n) is 4.04. The summed E-state index contributed by atoms with van der Waals surface area (Å²) in [5.74, 6) is 0. The molecule has 2 heterocycles. The Labute approximate surface area is 88.3 Å². The number of fused-ring (bicyclic) bond motifs is 1. The zero-order chi connectivity index (χ0) is 10.3. The molecule has 2 aromatic rings. The van der Waals surface area contributed by atoms with E-state index in [1.165, 1.54) is 5.56 Å². The fraction of sp³-hybridized carbons (Fsp3) is 0.250. The molecule has 15 heavy (non-hydrogen) atoms. The standard InChI is InChI=1S/C12H12N2O/c1-12(10-5-3-2-4-6-10)9-14-8-7-13-11(14)15-12/h2-8H,9H2,1H3/t12-/m1/s1. The molecule has 0 aliphatic carbocycles. The van der Waals surface area contributed by atoms with E-state index in [-0.39, 0.29) is 5.60 Å². The van der Waals surface area contributed by atoms with E-state index in [1.807, 2.05) is 29.0 Å². The van der Waals surface area contributed by atoms with E-state index in [0.717, 1.165) is 6.54 Å². The normalized spacial score (nSPS) is 23.5. The van der Waals surface area contributed by atoms with Gasteiger partial charge < -0.3 is 4.74 Å². The molecule has 1 aromatic carbocycles. The number of imidazole rings is 1. The Morgan fingerprint density at radius 3 is 2.87 bits per heavy atom. The first-order chi connectivity index (χ1) is 7.28. The molecule has 3 heteroatoms. The molecule has 0 amide bonds. The summed E-state index contributed by atoms with van der Waals surface area (Å²) in [6.45, 7) is 2.92. The Balaban J connectivity index is 1.99. The summed E-state index contributed by atoms with van der Waals surface area (Å²) in [5, 5.41) is 0. The van der Waals surface area contributed by atoms with Crippen molar-refractivity contribution in [1.29, 1.82) is 0 Å². The number of rotatable bonds is 1. The maximum absolute atomic E-state index is 5.87. The maximum Gasteiger partial charge on any atom is 0.297 e. The van der Waals surface area contributed by atoms with Crippen molar-refractivity contribution in [3.8, 4) is 6.01 Å². The van der Waals surface area contributed by atoms with Gasteiger partial charge in [-0.2, -0.15) is 0 Å². The highest BCUT2D eigenvalue weighted by molar-refractivity contribution is 5.25. The lowest BCUT2D eigenvalue weighted by Crippen LogP contribution is -2.28. The molecule has 76 valence electrons. The number of aromatic nitrogens is 2. The van der Waals surface area contributed by atoms with Crippen molar-refractivity contribution in [2.45, 2.75) is 19.1 Å². The largest absolute Gasteiger partial charge is 0.452 e. The highest BCUT2D eigenvalue weighted by Crippen LogP contribution is 2.35. The molecule has 0 radical (unpaired) electrons. The van der Waals surface area contributed by atoms with Crippen molar-refractivity contribution in [1.82, 2.24) is 9.55 Å². The van der Waals surface area contributed by atoms with Crippen molar-refractivity contribution in [3.05, 3.63) is 48.3 Å². The summed E-state index contributed by atoms with van der Waals surface area (Å²) >= 11 is 0. The molecule has 0 unspecified atom stereocenters. The van der Waals surface area contributed by atoms with E-state index in [0.29, 0.717) is 6.01 Å². The summed E-state index contributed by atoms with van der Waals surface area (Å²) in [5.41, 5.74) is 0.917. The zero-order valence-corrected chi connectivity index (χ0v) is 8.55. The van der Waals surface area contributed by atoms with Crippen LogP contribution in [0.15, 0.2) is 42.7 Å². The van der Waals surface area contributed by atoms with Crippen LogP contribution in [-0.4, -0.2) is 9.55 Å². The molecule has 0 saturated heterocycles. The van der Waals surface area contributed by atoms with Gasteiger partial charge >= 0.3 is 0 Å². The molecule has 0 saturated carbocycles. The summed E-state index contributed by atoms with van der Waals surface area (Å²) in [6, 6.07) is 11.0. The van der Waals surface area contributed by atoms with E-state index >= 15 is 0 Å². The number of nitrogens with zero attached hydrogens (tertiary/aromatic N) is 2. The Morgan fingerprint density at radius 1 is 1.33 bits per heavy atom. The van der Waals surface area contributed by atoms with Gasteiger partial charge in [-0.25, -0.2) is 4.98 Å². The van der Waals surface area contributed by atoms with Crippen LogP contribution in [0.3, 0.4) is 0 Å². The Kier molecular flexibility index (Phi) is 1.63. The first kappa shape index (κ1) is 8.53. The summed E-state index contributed by atoms with van der Waals surface area (Å²) < 4.78 is 7.91. The summed E-state index contributed by atoms with van der Waals surface area (Å²) in [4.78, 5) is 4.16. The average Bonchev–Trinajstić information content (AvgIpc) is 2.78. The van der Waals surface area contributed by atoms with Gasteiger partial charge in [-0.05, 0) is 12.5 Å². The maximum atomic E-state index is 5.87. The fourth-order valence-electron chi connectivity index (χ4n) is 2.02. The van der Waals surface area contributed by atoms with Gasteiger partial charge in [0.15, 0.2) is 5.60 Å². The highest BCUT2D eigenvalue weighted by Gasteiger charge is 2.36. The average molecular weight is 200 g/mol. The predicted octanol–water partition coefficient (Wildman–Crippen LogP) is 2.19. The lowest BCUT2D eigenvalue weighted by atomic mass is 9.96. The minimum Gasteiger partial charge on any atom is -0.452 e. The van der Waals surface area contributed by atoms with E-state index < -0.39 is 0 Å². The van der Waals surface area contributed by atoms with Gasteiger partial charge in [-0.1, -0.05) is 30.3 Å². The van der Waals surface area contributed by atoms with Gasteiger partial charge in [0.05, 0.1) is 6.54 Å². The molecule has 0 bridgehead atoms. The number of ether oxygens (including phenoxy) is 1. The third-order valence-corrected chi connectivity index (χ3v) is 2.85.